The van der Waals surface area contributed by atoms with Gasteiger partial charge in [-0.2, -0.15) is 8.42 Å². The summed E-state index contributed by atoms with van der Waals surface area (Å²) in [6.07, 6.45) is 0. The first-order chi connectivity index (χ1) is 13.1. The summed E-state index contributed by atoms with van der Waals surface area (Å²) in [6, 6.07) is 10.6. The summed E-state index contributed by atoms with van der Waals surface area (Å²) in [5.74, 6) is -1.10. The number of rotatable bonds is 4. The van der Waals surface area contributed by atoms with E-state index in [2.05, 4.69) is 5.32 Å². The number of hydrogen-bond donors (Lipinski definition) is 3. The van der Waals surface area contributed by atoms with Crippen LogP contribution < -0.4 is 5.32 Å². The minimum atomic E-state index is -4.63. The molecule has 9 nitrogen and oxygen atoms in total. The van der Waals surface area contributed by atoms with Gasteiger partial charge in [0.1, 0.15) is 10.6 Å². The summed E-state index contributed by atoms with van der Waals surface area (Å²) in [4.78, 5) is 22.3. The molecule has 3 rings (SSSR count). The van der Waals surface area contributed by atoms with Gasteiger partial charge in [-0.05, 0) is 25.1 Å². The molecule has 0 atom stereocenters. The lowest BCUT2D eigenvalue weighted by molar-refractivity contribution is -0.385. The lowest BCUT2D eigenvalue weighted by Crippen LogP contribution is -2.13. The van der Waals surface area contributed by atoms with Gasteiger partial charge in [0, 0.05) is 28.0 Å². The zero-order valence-corrected chi connectivity index (χ0v) is 15.2. The van der Waals surface area contributed by atoms with Crippen LogP contribution in [0.25, 0.3) is 10.8 Å². The van der Waals surface area contributed by atoms with Gasteiger partial charge in [0.25, 0.3) is 21.7 Å². The number of hydrogen-bond acceptors (Lipinski definition) is 6. The van der Waals surface area contributed by atoms with Crippen molar-refractivity contribution in [2.24, 2.45) is 0 Å². The largest absolute Gasteiger partial charge is 0.505 e. The molecule has 28 heavy (non-hydrogen) atoms. The average Bonchev–Trinajstić information content (AvgIpc) is 2.62. The SMILES string of the molecule is Cc1cc(C(=O)Nc2cc(S(=O)(=O)O)c3ccccc3c2O)ccc1[N+](=O)[O-]. The van der Waals surface area contributed by atoms with Gasteiger partial charge >= 0.3 is 0 Å². The third-order valence-corrected chi connectivity index (χ3v) is 5.05. The molecule has 0 spiro atoms. The van der Waals surface area contributed by atoms with Crippen molar-refractivity contribution in [3.05, 3.63) is 69.8 Å². The highest BCUT2D eigenvalue weighted by Gasteiger charge is 2.21. The zero-order valence-electron chi connectivity index (χ0n) is 14.4. The first-order valence-corrected chi connectivity index (χ1v) is 9.32. The number of carbonyl (C=O) groups excluding carboxylic acids is 1. The molecule has 0 aliphatic rings. The molecule has 0 saturated heterocycles. The van der Waals surface area contributed by atoms with Crippen LogP contribution in [0, 0.1) is 17.0 Å². The molecule has 0 aliphatic carbocycles. The maximum atomic E-state index is 12.5. The molecule has 3 aromatic rings. The van der Waals surface area contributed by atoms with E-state index in [1.807, 2.05) is 0 Å². The lowest BCUT2D eigenvalue weighted by atomic mass is 10.1. The quantitative estimate of drug-likeness (QED) is 0.263. The highest BCUT2D eigenvalue weighted by atomic mass is 32.2. The van der Waals surface area contributed by atoms with Crippen LogP contribution in [0.15, 0.2) is 53.4 Å². The normalized spacial score (nSPS) is 11.4. The molecule has 0 radical (unpaired) electrons. The Labute approximate surface area is 159 Å². The fourth-order valence-electron chi connectivity index (χ4n) is 2.83. The van der Waals surface area contributed by atoms with Gasteiger partial charge in [-0.3, -0.25) is 19.5 Å². The molecule has 3 aromatic carbocycles. The Morgan fingerprint density at radius 1 is 1.11 bits per heavy atom. The standard InChI is InChI=1S/C18H14N2O7S/c1-10-8-11(6-7-15(10)20(23)24)18(22)19-14-9-16(28(25,26)27)12-4-2-3-5-13(12)17(14)21/h2-9,21H,1H3,(H,19,22)(H,25,26,27). The van der Waals surface area contributed by atoms with E-state index in [1.165, 1.54) is 43.3 Å². The minimum absolute atomic E-state index is 0.0732. The van der Waals surface area contributed by atoms with Crippen LogP contribution in [0.1, 0.15) is 15.9 Å². The number of nitro benzene ring substituents is 1. The number of benzene rings is 3. The van der Waals surface area contributed by atoms with Crippen molar-refractivity contribution in [2.45, 2.75) is 11.8 Å². The number of amides is 1. The molecule has 0 unspecified atom stereocenters. The van der Waals surface area contributed by atoms with E-state index in [9.17, 15) is 33.0 Å². The summed E-state index contributed by atoms with van der Waals surface area (Å²) in [7, 11) is -4.63. The predicted octanol–water partition coefficient (Wildman–Crippen LogP) is 3.26. The predicted molar refractivity (Wildman–Crippen MR) is 101 cm³/mol. The number of aromatic hydroxyl groups is 1. The maximum absolute atomic E-state index is 12.5. The van der Waals surface area contributed by atoms with Crippen molar-refractivity contribution >= 4 is 38.2 Å². The van der Waals surface area contributed by atoms with Crippen molar-refractivity contribution in [3.63, 3.8) is 0 Å². The average molecular weight is 402 g/mol. The molecular formula is C18H14N2O7S. The Balaban J connectivity index is 2.07. The summed E-state index contributed by atoms with van der Waals surface area (Å²) in [5.41, 5.74) is -0.0471. The monoisotopic (exact) mass is 402 g/mol. The molecular weight excluding hydrogens is 388 g/mol. The third kappa shape index (κ3) is 3.50. The van der Waals surface area contributed by atoms with Crippen molar-refractivity contribution < 1.29 is 27.8 Å². The van der Waals surface area contributed by atoms with E-state index in [1.54, 1.807) is 6.07 Å². The van der Waals surface area contributed by atoms with Crippen molar-refractivity contribution in [3.8, 4) is 5.75 Å². The van der Waals surface area contributed by atoms with Crippen molar-refractivity contribution in [1.29, 1.82) is 0 Å². The van der Waals surface area contributed by atoms with Gasteiger partial charge in [0.2, 0.25) is 0 Å². The van der Waals surface area contributed by atoms with Crippen LogP contribution in [0.3, 0.4) is 0 Å². The number of phenolic OH excluding ortho intramolecular Hbond substituents is 1. The second kappa shape index (κ2) is 6.91. The van der Waals surface area contributed by atoms with Crippen LogP contribution >= 0.6 is 0 Å². The Morgan fingerprint density at radius 2 is 1.75 bits per heavy atom. The van der Waals surface area contributed by atoms with Crippen molar-refractivity contribution in [2.75, 3.05) is 5.32 Å². The minimum Gasteiger partial charge on any atom is -0.505 e. The highest BCUT2D eigenvalue weighted by molar-refractivity contribution is 7.86. The van der Waals surface area contributed by atoms with Gasteiger partial charge in [0.15, 0.2) is 0 Å². The zero-order chi connectivity index (χ0) is 20.6. The summed E-state index contributed by atoms with van der Waals surface area (Å²) < 4.78 is 32.9. The highest BCUT2D eigenvalue weighted by Crippen LogP contribution is 2.37. The number of nitrogens with zero attached hydrogens (tertiary/aromatic N) is 1. The summed E-state index contributed by atoms with van der Waals surface area (Å²) in [6.45, 7) is 1.47. The molecule has 0 fully saturated rings. The van der Waals surface area contributed by atoms with Gasteiger partial charge in [0.05, 0.1) is 10.6 Å². The van der Waals surface area contributed by atoms with E-state index < -0.39 is 25.8 Å². The Morgan fingerprint density at radius 3 is 2.32 bits per heavy atom. The number of carbonyl (C=O) groups is 1. The first-order valence-electron chi connectivity index (χ1n) is 7.88. The van der Waals surface area contributed by atoms with Crippen LogP contribution in [0.4, 0.5) is 11.4 Å². The lowest BCUT2D eigenvalue weighted by Gasteiger charge is -2.13. The topological polar surface area (TPSA) is 147 Å². The fraction of sp³-hybridized carbons (Fsp3) is 0.0556. The summed E-state index contributed by atoms with van der Waals surface area (Å²) in [5, 5.41) is 23.9. The van der Waals surface area contributed by atoms with Gasteiger partial charge < -0.3 is 10.4 Å². The van der Waals surface area contributed by atoms with E-state index in [4.69, 9.17) is 0 Å². The molecule has 3 N–H and O–H groups in total. The van der Waals surface area contributed by atoms with Crippen LogP contribution in [0.5, 0.6) is 5.75 Å². The van der Waals surface area contributed by atoms with Gasteiger partial charge in [-0.15, -0.1) is 0 Å². The molecule has 0 aromatic heterocycles. The molecule has 144 valence electrons. The van der Waals surface area contributed by atoms with Crippen LogP contribution in [-0.4, -0.2) is 28.9 Å². The number of phenols is 1. The van der Waals surface area contributed by atoms with Crippen LogP contribution in [-0.2, 0) is 10.1 Å². The van der Waals surface area contributed by atoms with Gasteiger partial charge in [-0.1, -0.05) is 24.3 Å². The first kappa shape index (κ1) is 19.3. The number of aryl methyl sites for hydroxylation is 1. The van der Waals surface area contributed by atoms with Gasteiger partial charge in [-0.25, -0.2) is 0 Å². The van der Waals surface area contributed by atoms with Crippen molar-refractivity contribution in [1.82, 2.24) is 0 Å². The molecule has 10 heteroatoms. The maximum Gasteiger partial charge on any atom is 0.295 e. The van der Waals surface area contributed by atoms with E-state index in [0.29, 0.717) is 0 Å². The second-order valence-corrected chi connectivity index (χ2v) is 7.39. The Kier molecular flexibility index (Phi) is 4.75. The molecule has 0 saturated carbocycles. The van der Waals surface area contributed by atoms with E-state index in [-0.39, 0.29) is 39.0 Å². The fourth-order valence-corrected chi connectivity index (χ4v) is 3.55. The number of nitrogens with one attached hydrogen (secondary N) is 1. The third-order valence-electron chi connectivity index (χ3n) is 4.16. The molecule has 0 bridgehead atoms. The molecule has 0 aliphatic heterocycles. The molecule has 0 heterocycles. The number of fused-ring (bicyclic) bond motifs is 1. The number of nitro groups is 1. The van der Waals surface area contributed by atoms with E-state index >= 15 is 0 Å². The van der Waals surface area contributed by atoms with E-state index in [0.717, 1.165) is 6.07 Å². The Hall–Kier alpha value is -3.50. The second-order valence-electron chi connectivity index (χ2n) is 6.00. The summed E-state index contributed by atoms with van der Waals surface area (Å²) >= 11 is 0. The number of anilines is 1. The smallest absolute Gasteiger partial charge is 0.295 e. The van der Waals surface area contributed by atoms with Crippen LogP contribution in [0.2, 0.25) is 0 Å². The molecule has 1 amide bonds. The Bertz CT molecular complexity index is 1240.